The van der Waals surface area contributed by atoms with Gasteiger partial charge in [0, 0.05) is 40.8 Å². The lowest BCUT2D eigenvalue weighted by atomic mass is 10.0. The number of ether oxygens (including phenoxy) is 2. The van der Waals surface area contributed by atoms with Crippen LogP contribution < -0.4 is 10.1 Å². The molecule has 7 heteroatoms. The summed E-state index contributed by atoms with van der Waals surface area (Å²) < 4.78 is 12.3. The van der Waals surface area contributed by atoms with Gasteiger partial charge < -0.3 is 19.9 Å². The Hall–Kier alpha value is -2.77. The maximum atomic E-state index is 11.3. The number of benzene rings is 2. The molecule has 0 aliphatic carbocycles. The lowest BCUT2D eigenvalue weighted by Crippen LogP contribution is -2.35. The monoisotopic (exact) mass is 396 g/mol. The number of thiophene rings is 1. The number of carbonyl (C=O) groups excluding carboxylic acids is 1. The van der Waals surface area contributed by atoms with E-state index in [1.165, 1.54) is 10.1 Å². The fourth-order valence-corrected chi connectivity index (χ4v) is 4.86. The van der Waals surface area contributed by atoms with Gasteiger partial charge in [0.1, 0.15) is 12.7 Å². The average Bonchev–Trinajstić information content (AvgIpc) is 3.23. The minimum Gasteiger partial charge on any atom is -0.504 e. The van der Waals surface area contributed by atoms with Crippen LogP contribution in [0.25, 0.3) is 21.2 Å². The molecular weight excluding hydrogens is 376 g/mol. The maximum Gasteiger partial charge on any atom is 0.407 e. The van der Waals surface area contributed by atoms with Crippen molar-refractivity contribution in [1.29, 1.82) is 0 Å². The molecule has 2 aliphatic heterocycles. The van der Waals surface area contributed by atoms with Gasteiger partial charge >= 0.3 is 6.09 Å². The summed E-state index contributed by atoms with van der Waals surface area (Å²) in [6.45, 7) is 2.98. The second-order valence-corrected chi connectivity index (χ2v) is 8.03. The Morgan fingerprint density at radius 2 is 2.18 bits per heavy atom. The molecule has 2 aromatic carbocycles. The highest BCUT2D eigenvalue weighted by Gasteiger charge is 2.27. The van der Waals surface area contributed by atoms with Crippen molar-refractivity contribution in [2.75, 3.05) is 26.2 Å². The first-order valence-electron chi connectivity index (χ1n) is 9.29. The zero-order valence-electron chi connectivity index (χ0n) is 15.2. The molecule has 5 rings (SSSR count). The van der Waals surface area contributed by atoms with Gasteiger partial charge in [-0.05, 0) is 29.1 Å². The standard InChI is InChI=1S/C21H20N2O4S/c24-18-8-13(17-12-28-19-4-2-1-3-16(17)19)7-14-10-23(5-6-26-20(14)18)11-15-9-22-21(25)27-15/h1-4,7-8,12,15,24H,5-6,9-11H2,(H,22,25). The van der Waals surface area contributed by atoms with E-state index in [0.29, 0.717) is 38.5 Å². The van der Waals surface area contributed by atoms with Crippen LogP contribution >= 0.6 is 11.3 Å². The van der Waals surface area contributed by atoms with Crippen molar-refractivity contribution in [2.24, 2.45) is 0 Å². The van der Waals surface area contributed by atoms with Crippen molar-refractivity contribution in [1.82, 2.24) is 10.2 Å². The van der Waals surface area contributed by atoms with Crippen molar-refractivity contribution in [3.8, 4) is 22.6 Å². The maximum absolute atomic E-state index is 11.3. The first-order valence-corrected chi connectivity index (χ1v) is 10.2. The zero-order chi connectivity index (χ0) is 19.1. The number of rotatable bonds is 3. The summed E-state index contributed by atoms with van der Waals surface area (Å²) in [5.41, 5.74) is 3.04. The molecule has 3 aromatic rings. The van der Waals surface area contributed by atoms with Crippen LogP contribution in [0.3, 0.4) is 0 Å². The Morgan fingerprint density at radius 3 is 3.04 bits per heavy atom. The number of nitrogens with zero attached hydrogens (tertiary/aromatic N) is 1. The highest BCUT2D eigenvalue weighted by Crippen LogP contribution is 2.41. The second kappa shape index (κ2) is 7.00. The molecule has 144 valence electrons. The van der Waals surface area contributed by atoms with Gasteiger partial charge in [-0.3, -0.25) is 4.90 Å². The van der Waals surface area contributed by atoms with Crippen molar-refractivity contribution in [3.63, 3.8) is 0 Å². The Morgan fingerprint density at radius 1 is 1.29 bits per heavy atom. The van der Waals surface area contributed by atoms with Gasteiger partial charge in [-0.2, -0.15) is 0 Å². The van der Waals surface area contributed by atoms with Crippen LogP contribution in [-0.2, 0) is 11.3 Å². The van der Waals surface area contributed by atoms with E-state index in [1.807, 2.05) is 12.1 Å². The lowest BCUT2D eigenvalue weighted by Gasteiger charge is -2.22. The summed E-state index contributed by atoms with van der Waals surface area (Å²) in [6, 6.07) is 12.2. The van der Waals surface area contributed by atoms with E-state index < -0.39 is 0 Å². The van der Waals surface area contributed by atoms with Gasteiger partial charge in [-0.25, -0.2) is 4.79 Å². The molecule has 1 unspecified atom stereocenters. The number of amides is 1. The molecule has 2 aliphatic rings. The van der Waals surface area contributed by atoms with E-state index in [2.05, 4.69) is 33.8 Å². The predicted octanol–water partition coefficient (Wildman–Crippen LogP) is 3.58. The Bertz CT molecular complexity index is 1050. The van der Waals surface area contributed by atoms with Crippen molar-refractivity contribution < 1.29 is 19.4 Å². The van der Waals surface area contributed by atoms with E-state index in [1.54, 1.807) is 17.4 Å². The number of hydrogen-bond acceptors (Lipinski definition) is 6. The van der Waals surface area contributed by atoms with E-state index in [-0.39, 0.29) is 17.9 Å². The van der Waals surface area contributed by atoms with E-state index in [0.717, 1.165) is 16.7 Å². The highest BCUT2D eigenvalue weighted by atomic mass is 32.1. The molecule has 1 fully saturated rings. The third-order valence-corrected chi connectivity index (χ3v) is 6.16. The summed E-state index contributed by atoms with van der Waals surface area (Å²) in [6.07, 6.45) is -0.521. The summed E-state index contributed by atoms with van der Waals surface area (Å²) in [5.74, 6) is 0.714. The van der Waals surface area contributed by atoms with Gasteiger partial charge in [-0.15, -0.1) is 11.3 Å². The van der Waals surface area contributed by atoms with Crippen LogP contribution in [0, 0.1) is 0 Å². The first kappa shape index (κ1) is 17.3. The molecule has 1 amide bonds. The number of nitrogens with one attached hydrogen (secondary N) is 1. The molecule has 2 N–H and O–H groups in total. The minimum absolute atomic E-state index is 0.161. The van der Waals surface area contributed by atoms with Crippen molar-refractivity contribution >= 4 is 27.5 Å². The van der Waals surface area contributed by atoms with Crippen LogP contribution in [0.1, 0.15) is 5.56 Å². The summed E-state index contributed by atoms with van der Waals surface area (Å²) >= 11 is 1.70. The first-order chi connectivity index (χ1) is 13.7. The topological polar surface area (TPSA) is 71.0 Å². The number of phenolic OH excluding ortho intramolecular Hbond substituents is 1. The smallest absolute Gasteiger partial charge is 0.407 e. The van der Waals surface area contributed by atoms with E-state index >= 15 is 0 Å². The Labute approximate surface area is 166 Å². The molecule has 1 aromatic heterocycles. The Kier molecular flexibility index (Phi) is 4.33. The number of hydrogen-bond donors (Lipinski definition) is 2. The molecule has 0 saturated carbocycles. The molecule has 3 heterocycles. The SMILES string of the molecule is O=C1NCC(CN2CCOc3c(O)cc(-c4csc5ccccc45)cc3C2)O1. The molecule has 0 spiro atoms. The molecule has 0 bridgehead atoms. The normalized spacial score (nSPS) is 19.6. The van der Waals surface area contributed by atoms with Gasteiger partial charge in [0.25, 0.3) is 0 Å². The average molecular weight is 396 g/mol. The summed E-state index contributed by atoms with van der Waals surface area (Å²) in [5, 5.41) is 16.6. The van der Waals surface area contributed by atoms with Gasteiger partial charge in [-0.1, -0.05) is 18.2 Å². The summed E-state index contributed by atoms with van der Waals surface area (Å²) in [7, 11) is 0. The number of carbonyl (C=O) groups is 1. The van der Waals surface area contributed by atoms with Gasteiger partial charge in [0.15, 0.2) is 11.5 Å². The fourth-order valence-electron chi connectivity index (χ4n) is 3.89. The molecule has 1 atom stereocenters. The van der Waals surface area contributed by atoms with Crippen LogP contribution in [0.2, 0.25) is 0 Å². The van der Waals surface area contributed by atoms with Crippen molar-refractivity contribution in [3.05, 3.63) is 47.3 Å². The zero-order valence-corrected chi connectivity index (χ0v) is 16.0. The number of alkyl carbamates (subject to hydrolysis) is 1. The summed E-state index contributed by atoms with van der Waals surface area (Å²) in [4.78, 5) is 13.5. The van der Waals surface area contributed by atoms with Crippen LogP contribution in [0.5, 0.6) is 11.5 Å². The quantitative estimate of drug-likeness (QED) is 0.708. The number of fused-ring (bicyclic) bond motifs is 2. The highest BCUT2D eigenvalue weighted by molar-refractivity contribution is 7.17. The van der Waals surface area contributed by atoms with Crippen molar-refractivity contribution in [2.45, 2.75) is 12.6 Å². The van der Waals surface area contributed by atoms with E-state index in [4.69, 9.17) is 9.47 Å². The minimum atomic E-state index is -0.360. The van der Waals surface area contributed by atoms with Gasteiger partial charge in [0.05, 0.1) is 6.54 Å². The predicted molar refractivity (Wildman–Crippen MR) is 108 cm³/mol. The van der Waals surface area contributed by atoms with E-state index in [9.17, 15) is 9.90 Å². The van der Waals surface area contributed by atoms with Crippen LogP contribution in [-0.4, -0.2) is 48.4 Å². The third-order valence-electron chi connectivity index (χ3n) is 5.20. The second-order valence-electron chi connectivity index (χ2n) is 7.12. The number of phenols is 1. The molecule has 6 nitrogen and oxygen atoms in total. The molecular formula is C21H20N2O4S. The molecule has 0 radical (unpaired) electrons. The lowest BCUT2D eigenvalue weighted by molar-refractivity contribution is 0.103. The Balaban J connectivity index is 1.47. The fraction of sp³-hybridized carbons (Fsp3) is 0.286. The van der Waals surface area contributed by atoms with Crippen LogP contribution in [0.15, 0.2) is 41.8 Å². The number of aromatic hydroxyl groups is 1. The van der Waals surface area contributed by atoms with Gasteiger partial charge in [0.2, 0.25) is 0 Å². The third kappa shape index (κ3) is 3.16. The molecule has 1 saturated heterocycles. The largest absolute Gasteiger partial charge is 0.504 e. The molecule has 28 heavy (non-hydrogen) atoms. The number of cyclic esters (lactones) is 1. The van der Waals surface area contributed by atoms with Crippen LogP contribution in [0.4, 0.5) is 4.79 Å².